The van der Waals surface area contributed by atoms with E-state index < -0.39 is 11.9 Å². The third-order valence-corrected chi connectivity index (χ3v) is 3.39. The van der Waals surface area contributed by atoms with Gasteiger partial charge < -0.3 is 10.4 Å². The third-order valence-electron chi connectivity index (χ3n) is 3.15. The highest BCUT2D eigenvalue weighted by atomic mass is 35.5. The summed E-state index contributed by atoms with van der Waals surface area (Å²) < 4.78 is 0. The molecule has 1 aromatic carbocycles. The lowest BCUT2D eigenvalue weighted by atomic mass is 10.1. The molecule has 96 valence electrons. The van der Waals surface area contributed by atoms with Crippen molar-refractivity contribution in [2.75, 3.05) is 0 Å². The Morgan fingerprint density at radius 2 is 2.17 bits per heavy atom. The average molecular weight is 268 g/mol. The van der Waals surface area contributed by atoms with E-state index in [9.17, 15) is 9.59 Å². The van der Waals surface area contributed by atoms with Crippen LogP contribution in [0.1, 0.15) is 24.9 Å². The largest absolute Gasteiger partial charge is 0.481 e. The molecule has 0 radical (unpaired) electrons. The Morgan fingerprint density at radius 3 is 2.72 bits per heavy atom. The van der Waals surface area contributed by atoms with Crippen molar-refractivity contribution >= 4 is 23.5 Å². The maximum Gasteiger partial charge on any atom is 0.307 e. The summed E-state index contributed by atoms with van der Waals surface area (Å²) in [5, 5.41) is 12.2. The van der Waals surface area contributed by atoms with Crippen LogP contribution in [0.25, 0.3) is 0 Å². The third kappa shape index (κ3) is 2.82. The first-order valence-electron chi connectivity index (χ1n) is 5.77. The number of aliphatic carboxylic acids is 1. The molecule has 0 bridgehead atoms. The molecule has 2 rings (SSSR count). The van der Waals surface area contributed by atoms with Gasteiger partial charge in [-0.05, 0) is 31.0 Å². The van der Waals surface area contributed by atoms with E-state index >= 15 is 0 Å². The lowest BCUT2D eigenvalue weighted by Gasteiger charge is -2.14. The number of nitrogens with one attached hydrogen (secondary N) is 1. The second kappa shape index (κ2) is 4.98. The van der Waals surface area contributed by atoms with Crippen molar-refractivity contribution in [1.82, 2.24) is 5.32 Å². The molecular formula is C13H14ClNO3. The minimum absolute atomic E-state index is 0.175. The van der Waals surface area contributed by atoms with E-state index in [-0.39, 0.29) is 17.9 Å². The topological polar surface area (TPSA) is 66.4 Å². The van der Waals surface area contributed by atoms with Gasteiger partial charge in [-0.2, -0.15) is 0 Å². The maximum atomic E-state index is 11.8. The van der Waals surface area contributed by atoms with Gasteiger partial charge in [-0.15, -0.1) is 0 Å². The molecule has 1 aliphatic rings. The molecule has 1 saturated carbocycles. The van der Waals surface area contributed by atoms with Gasteiger partial charge >= 0.3 is 5.97 Å². The quantitative estimate of drug-likeness (QED) is 0.879. The van der Waals surface area contributed by atoms with Crippen molar-refractivity contribution in [2.45, 2.75) is 19.4 Å². The van der Waals surface area contributed by atoms with Crippen molar-refractivity contribution in [3.05, 3.63) is 34.9 Å². The zero-order valence-corrected chi connectivity index (χ0v) is 10.6. The smallest absolute Gasteiger partial charge is 0.307 e. The maximum absolute atomic E-state index is 11.8. The van der Waals surface area contributed by atoms with E-state index in [1.165, 1.54) is 0 Å². The molecule has 4 nitrogen and oxygen atoms in total. The molecule has 3 atom stereocenters. The molecule has 1 aromatic rings. The number of carbonyl (C=O) groups excluding carboxylic acids is 1. The van der Waals surface area contributed by atoms with Crippen molar-refractivity contribution < 1.29 is 14.7 Å². The van der Waals surface area contributed by atoms with Gasteiger partial charge in [0, 0.05) is 5.02 Å². The Balaban J connectivity index is 1.94. The lowest BCUT2D eigenvalue weighted by molar-refractivity contribution is -0.140. The lowest BCUT2D eigenvalue weighted by Crippen LogP contribution is -2.29. The summed E-state index contributed by atoms with van der Waals surface area (Å²) in [6.07, 6.45) is 0.434. The standard InChI is InChI=1S/C13H14ClNO3/c1-7(8-3-2-4-9(14)5-8)15-12(16)10-6-11(10)13(17)18/h2-5,7,10-11H,6H2,1H3,(H,15,16)(H,17,18)/t7-,10-,11-/m0/s1. The molecule has 5 heteroatoms. The summed E-state index contributed by atoms with van der Waals surface area (Å²) in [5.74, 6) is -2.00. The van der Waals surface area contributed by atoms with Gasteiger partial charge in [0.15, 0.2) is 0 Å². The minimum atomic E-state index is -0.898. The fraction of sp³-hybridized carbons (Fsp3) is 0.385. The van der Waals surface area contributed by atoms with Crippen molar-refractivity contribution in [3.63, 3.8) is 0 Å². The van der Waals surface area contributed by atoms with Gasteiger partial charge in [-0.25, -0.2) is 0 Å². The van der Waals surface area contributed by atoms with Gasteiger partial charge in [0.25, 0.3) is 0 Å². The molecule has 0 heterocycles. The number of benzene rings is 1. The first-order valence-corrected chi connectivity index (χ1v) is 6.15. The van der Waals surface area contributed by atoms with Gasteiger partial charge in [0.1, 0.15) is 0 Å². The minimum Gasteiger partial charge on any atom is -0.481 e. The molecule has 18 heavy (non-hydrogen) atoms. The molecule has 0 aromatic heterocycles. The van der Waals surface area contributed by atoms with Gasteiger partial charge in [0.05, 0.1) is 17.9 Å². The highest BCUT2D eigenvalue weighted by Gasteiger charge is 2.48. The second-order valence-electron chi connectivity index (χ2n) is 4.57. The SMILES string of the molecule is C[C@H](NC(=O)[C@H]1C[C@@H]1C(=O)O)c1cccc(Cl)c1. The predicted molar refractivity (Wildman–Crippen MR) is 67.2 cm³/mol. The van der Waals surface area contributed by atoms with Crippen LogP contribution in [0.3, 0.4) is 0 Å². The molecule has 1 aliphatic carbocycles. The number of carboxylic acid groups (broad SMARTS) is 1. The fourth-order valence-electron chi connectivity index (χ4n) is 1.94. The Labute approximate surface area is 110 Å². The summed E-state index contributed by atoms with van der Waals surface area (Å²) >= 11 is 5.87. The van der Waals surface area contributed by atoms with Gasteiger partial charge in [0.2, 0.25) is 5.91 Å². The molecule has 0 aliphatic heterocycles. The molecule has 2 N–H and O–H groups in total. The first-order chi connectivity index (χ1) is 8.49. The van der Waals surface area contributed by atoms with Crippen LogP contribution in [-0.2, 0) is 9.59 Å². The highest BCUT2D eigenvalue weighted by molar-refractivity contribution is 6.30. The van der Waals surface area contributed by atoms with Crippen LogP contribution in [0.15, 0.2) is 24.3 Å². The Bertz CT molecular complexity index is 489. The number of carbonyl (C=O) groups is 2. The summed E-state index contributed by atoms with van der Waals surface area (Å²) in [6, 6.07) is 7.07. The van der Waals surface area contributed by atoms with Crippen LogP contribution in [0.5, 0.6) is 0 Å². The number of amides is 1. The molecule has 0 unspecified atom stereocenters. The Morgan fingerprint density at radius 1 is 1.44 bits per heavy atom. The van der Waals surface area contributed by atoms with Crippen molar-refractivity contribution in [2.24, 2.45) is 11.8 Å². The van der Waals surface area contributed by atoms with E-state index in [1.54, 1.807) is 12.1 Å². The summed E-state index contributed by atoms with van der Waals surface area (Å²) in [4.78, 5) is 22.5. The fourth-order valence-corrected chi connectivity index (χ4v) is 2.14. The summed E-state index contributed by atoms with van der Waals surface area (Å²) in [5.41, 5.74) is 0.906. The zero-order chi connectivity index (χ0) is 13.3. The van der Waals surface area contributed by atoms with Crippen LogP contribution in [-0.4, -0.2) is 17.0 Å². The number of hydrogen-bond acceptors (Lipinski definition) is 2. The van der Waals surface area contributed by atoms with Gasteiger partial charge in [-0.1, -0.05) is 23.7 Å². The number of carboxylic acids is 1. The Hall–Kier alpha value is -1.55. The number of halogens is 1. The van der Waals surface area contributed by atoms with E-state index in [4.69, 9.17) is 16.7 Å². The van der Waals surface area contributed by atoms with Crippen molar-refractivity contribution in [1.29, 1.82) is 0 Å². The van der Waals surface area contributed by atoms with E-state index in [2.05, 4.69) is 5.32 Å². The predicted octanol–water partition coefficient (Wildman–Crippen LogP) is 2.24. The van der Waals surface area contributed by atoms with Crippen LogP contribution in [0, 0.1) is 11.8 Å². The summed E-state index contributed by atoms with van der Waals surface area (Å²) in [7, 11) is 0. The van der Waals surface area contributed by atoms with E-state index in [0.717, 1.165) is 5.56 Å². The molecule has 0 saturated heterocycles. The van der Waals surface area contributed by atoms with Crippen LogP contribution in [0.4, 0.5) is 0 Å². The van der Waals surface area contributed by atoms with Crippen LogP contribution in [0.2, 0.25) is 5.02 Å². The zero-order valence-electron chi connectivity index (χ0n) is 9.89. The normalized spacial score (nSPS) is 23.2. The molecule has 1 amide bonds. The number of rotatable bonds is 4. The van der Waals surface area contributed by atoms with E-state index in [1.807, 2.05) is 19.1 Å². The van der Waals surface area contributed by atoms with Crippen LogP contribution >= 0.6 is 11.6 Å². The van der Waals surface area contributed by atoms with E-state index in [0.29, 0.717) is 11.4 Å². The second-order valence-corrected chi connectivity index (χ2v) is 5.01. The molecular weight excluding hydrogens is 254 g/mol. The monoisotopic (exact) mass is 267 g/mol. The highest BCUT2D eigenvalue weighted by Crippen LogP contribution is 2.39. The summed E-state index contributed by atoms with van der Waals surface area (Å²) in [6.45, 7) is 1.85. The molecule has 1 fully saturated rings. The van der Waals surface area contributed by atoms with Crippen LogP contribution < -0.4 is 5.32 Å². The van der Waals surface area contributed by atoms with Gasteiger partial charge in [-0.3, -0.25) is 9.59 Å². The average Bonchev–Trinajstić information content (AvgIpc) is 3.08. The first kappa shape index (κ1) is 12.9. The number of hydrogen-bond donors (Lipinski definition) is 2. The van der Waals surface area contributed by atoms with Crippen molar-refractivity contribution in [3.8, 4) is 0 Å². The Kier molecular flexibility index (Phi) is 3.57. The molecule has 0 spiro atoms.